The third-order valence-electron chi connectivity index (χ3n) is 4.67. The van der Waals surface area contributed by atoms with E-state index >= 15 is 0 Å². The molecule has 3 rings (SSSR count). The van der Waals surface area contributed by atoms with Crippen molar-refractivity contribution in [2.45, 2.75) is 29.1 Å². The molecule has 1 heterocycles. The molecule has 7 heteroatoms. The molecular weight excluding hydrogens is 472 g/mol. The molecule has 0 aliphatic carbocycles. The van der Waals surface area contributed by atoms with Gasteiger partial charge in [0.1, 0.15) is 0 Å². The molecule has 2 aromatic carbocycles. The fraction of sp³-hybridized carbons (Fsp3) is 0.273. The minimum atomic E-state index is -0.222. The van der Waals surface area contributed by atoms with Crippen molar-refractivity contribution in [3.8, 4) is 0 Å². The summed E-state index contributed by atoms with van der Waals surface area (Å²) in [4.78, 5) is 27.8. The number of hydrogen-bond donors (Lipinski definition) is 1. The van der Waals surface area contributed by atoms with Gasteiger partial charge in [0.25, 0.3) is 5.91 Å². The van der Waals surface area contributed by atoms with Crippen LogP contribution in [-0.2, 0) is 9.59 Å². The van der Waals surface area contributed by atoms with Crippen molar-refractivity contribution in [2.75, 3.05) is 19.6 Å². The lowest BCUT2D eigenvalue weighted by Gasteiger charge is -2.15. The van der Waals surface area contributed by atoms with Crippen LogP contribution in [0.5, 0.6) is 0 Å². The first-order valence-electron chi connectivity index (χ1n) is 9.43. The molecule has 2 amide bonds. The molecule has 1 fully saturated rings. The summed E-state index contributed by atoms with van der Waals surface area (Å²) in [5.74, 6) is -0.0177. The summed E-state index contributed by atoms with van der Waals surface area (Å²) in [5.41, 5.74) is 1.07. The number of benzene rings is 2. The quantitative estimate of drug-likeness (QED) is 0.396. The molecule has 1 aliphatic rings. The highest BCUT2D eigenvalue weighted by Crippen LogP contribution is 2.38. The molecule has 1 aliphatic heterocycles. The van der Waals surface area contributed by atoms with Crippen LogP contribution < -0.4 is 5.32 Å². The van der Waals surface area contributed by atoms with Crippen LogP contribution in [0, 0.1) is 0 Å². The van der Waals surface area contributed by atoms with Crippen molar-refractivity contribution in [3.05, 3.63) is 64.1 Å². The van der Waals surface area contributed by atoms with E-state index in [4.69, 9.17) is 11.6 Å². The fourth-order valence-corrected chi connectivity index (χ4v) is 4.73. The van der Waals surface area contributed by atoms with E-state index in [0.717, 1.165) is 33.7 Å². The number of hydrogen-bond acceptors (Lipinski definition) is 3. The van der Waals surface area contributed by atoms with Gasteiger partial charge in [-0.25, -0.2) is 0 Å². The summed E-state index contributed by atoms with van der Waals surface area (Å²) in [7, 11) is 0. The second-order valence-electron chi connectivity index (χ2n) is 6.75. The van der Waals surface area contributed by atoms with Crippen LogP contribution in [0.15, 0.2) is 63.3 Å². The van der Waals surface area contributed by atoms with E-state index in [1.807, 2.05) is 41.3 Å². The molecular formula is C22H22BrClN2O2S. The highest BCUT2D eigenvalue weighted by Gasteiger charge is 2.19. The summed E-state index contributed by atoms with van der Waals surface area (Å²) in [6.45, 7) is 5.92. The van der Waals surface area contributed by atoms with E-state index in [1.54, 1.807) is 17.8 Å². The van der Waals surface area contributed by atoms with Crippen LogP contribution in [0.1, 0.15) is 24.8 Å². The minimum absolute atomic E-state index is 0.205. The van der Waals surface area contributed by atoms with Crippen LogP contribution in [-0.4, -0.2) is 36.3 Å². The van der Waals surface area contributed by atoms with Crippen LogP contribution >= 0.6 is 39.3 Å². The Morgan fingerprint density at radius 1 is 1.24 bits per heavy atom. The highest BCUT2D eigenvalue weighted by atomic mass is 79.9. The van der Waals surface area contributed by atoms with E-state index in [1.165, 1.54) is 0 Å². The number of likely N-dealkylation sites (tertiary alicyclic amines) is 1. The number of nitrogens with zero attached hydrogens (tertiary/aromatic N) is 1. The zero-order valence-corrected chi connectivity index (χ0v) is 19.1. The molecule has 0 radical (unpaired) electrons. The standard InChI is InChI=1S/C22H22BrClN2O2S/c1-15(22(28)25-11-5-13-26-12-4-8-21(26)27)16-9-10-20(18(24)14-16)29-19-7-3-2-6-17(19)23/h2-3,6-7,9-10,14H,1,4-5,8,11-13H2,(H,25,28). The Kier molecular flexibility index (Phi) is 7.81. The molecule has 0 atom stereocenters. The number of rotatable bonds is 8. The Bertz CT molecular complexity index is 935. The molecule has 2 aromatic rings. The highest BCUT2D eigenvalue weighted by molar-refractivity contribution is 9.10. The largest absolute Gasteiger partial charge is 0.352 e. The van der Waals surface area contributed by atoms with Crippen LogP contribution in [0.4, 0.5) is 0 Å². The lowest BCUT2D eigenvalue weighted by molar-refractivity contribution is -0.127. The molecule has 1 N–H and O–H groups in total. The Hall–Kier alpha value is -1.76. The minimum Gasteiger partial charge on any atom is -0.352 e. The zero-order chi connectivity index (χ0) is 20.8. The Balaban J connectivity index is 1.53. The van der Waals surface area contributed by atoms with Gasteiger partial charge in [-0.3, -0.25) is 9.59 Å². The van der Waals surface area contributed by atoms with E-state index < -0.39 is 0 Å². The Morgan fingerprint density at radius 2 is 2.03 bits per heavy atom. The lowest BCUT2D eigenvalue weighted by Crippen LogP contribution is -2.30. The van der Waals surface area contributed by atoms with Gasteiger partial charge >= 0.3 is 0 Å². The van der Waals surface area contributed by atoms with E-state index in [0.29, 0.717) is 35.7 Å². The fourth-order valence-electron chi connectivity index (χ4n) is 3.07. The first-order chi connectivity index (χ1) is 14.0. The summed E-state index contributed by atoms with van der Waals surface area (Å²) >= 11 is 11.5. The predicted molar refractivity (Wildman–Crippen MR) is 122 cm³/mol. The maximum Gasteiger partial charge on any atom is 0.251 e. The van der Waals surface area contributed by atoms with E-state index in [-0.39, 0.29) is 11.8 Å². The summed E-state index contributed by atoms with van der Waals surface area (Å²) in [5, 5.41) is 3.44. The molecule has 0 aromatic heterocycles. The summed E-state index contributed by atoms with van der Waals surface area (Å²) < 4.78 is 1.00. The smallest absolute Gasteiger partial charge is 0.251 e. The van der Waals surface area contributed by atoms with Gasteiger partial charge in [-0.05, 0) is 58.6 Å². The molecule has 0 saturated carbocycles. The van der Waals surface area contributed by atoms with E-state index in [2.05, 4.69) is 27.8 Å². The van der Waals surface area contributed by atoms with Gasteiger partial charge in [0.2, 0.25) is 5.91 Å². The topological polar surface area (TPSA) is 49.4 Å². The van der Waals surface area contributed by atoms with E-state index in [9.17, 15) is 9.59 Å². The summed E-state index contributed by atoms with van der Waals surface area (Å²) in [6, 6.07) is 13.5. The van der Waals surface area contributed by atoms with Crippen LogP contribution in [0.2, 0.25) is 5.02 Å². The average molecular weight is 494 g/mol. The first-order valence-corrected chi connectivity index (χ1v) is 11.4. The van der Waals surface area contributed by atoms with Crippen molar-refractivity contribution in [1.82, 2.24) is 10.2 Å². The van der Waals surface area contributed by atoms with Gasteiger partial charge in [0.15, 0.2) is 0 Å². The van der Waals surface area contributed by atoms with Crippen molar-refractivity contribution in [3.63, 3.8) is 0 Å². The molecule has 0 unspecified atom stereocenters. The average Bonchev–Trinajstić information content (AvgIpc) is 3.12. The van der Waals surface area contributed by atoms with Gasteiger partial charge in [-0.15, -0.1) is 0 Å². The van der Waals surface area contributed by atoms with Crippen molar-refractivity contribution >= 4 is 56.7 Å². The molecule has 0 bridgehead atoms. The number of halogens is 2. The van der Waals surface area contributed by atoms with Crippen LogP contribution in [0.3, 0.4) is 0 Å². The SMILES string of the molecule is C=C(C(=O)NCCCN1CCCC1=O)c1ccc(Sc2ccccc2Br)c(Cl)c1. The third kappa shape index (κ3) is 5.87. The molecule has 0 spiro atoms. The molecule has 152 valence electrons. The maximum absolute atomic E-state index is 12.4. The number of carbonyl (C=O) groups excluding carboxylic acids is 2. The second kappa shape index (κ2) is 10.3. The van der Waals surface area contributed by atoms with Crippen molar-refractivity contribution in [1.29, 1.82) is 0 Å². The van der Waals surface area contributed by atoms with Gasteiger partial charge in [-0.1, -0.05) is 48.1 Å². The van der Waals surface area contributed by atoms with Crippen LogP contribution in [0.25, 0.3) is 5.57 Å². The first kappa shape index (κ1) is 21.9. The monoisotopic (exact) mass is 492 g/mol. The number of amides is 2. The second-order valence-corrected chi connectivity index (χ2v) is 9.10. The lowest BCUT2D eigenvalue weighted by atomic mass is 10.1. The van der Waals surface area contributed by atoms with Crippen molar-refractivity contribution in [2.24, 2.45) is 0 Å². The number of carbonyl (C=O) groups is 2. The van der Waals surface area contributed by atoms with Gasteiger partial charge in [0, 0.05) is 45.9 Å². The predicted octanol–water partition coefficient (Wildman–Crippen LogP) is 5.40. The normalized spacial score (nSPS) is 13.6. The maximum atomic E-state index is 12.4. The summed E-state index contributed by atoms with van der Waals surface area (Å²) in [6.07, 6.45) is 2.30. The third-order valence-corrected chi connectivity index (χ3v) is 7.20. The van der Waals surface area contributed by atoms with Gasteiger partial charge < -0.3 is 10.2 Å². The van der Waals surface area contributed by atoms with Crippen molar-refractivity contribution < 1.29 is 9.59 Å². The Morgan fingerprint density at radius 3 is 2.72 bits per heavy atom. The van der Waals surface area contributed by atoms with Gasteiger partial charge in [0.05, 0.1) is 5.02 Å². The zero-order valence-electron chi connectivity index (χ0n) is 15.9. The molecule has 1 saturated heterocycles. The molecule has 4 nitrogen and oxygen atoms in total. The van der Waals surface area contributed by atoms with Gasteiger partial charge in [-0.2, -0.15) is 0 Å². The molecule has 29 heavy (non-hydrogen) atoms. The Labute approximate surface area is 188 Å². The number of nitrogens with one attached hydrogen (secondary N) is 1.